The smallest absolute Gasteiger partial charge is 0.310 e. The first-order chi connectivity index (χ1) is 30.9. The summed E-state index contributed by atoms with van der Waals surface area (Å²) >= 11 is 0. The topological polar surface area (TPSA) is 76.1 Å². The summed E-state index contributed by atoms with van der Waals surface area (Å²) in [5.74, 6) is 3.63. The van der Waals surface area contributed by atoms with E-state index >= 15 is 0 Å². The quantitative estimate of drug-likeness (QED) is 0.0591. The lowest BCUT2D eigenvalue weighted by Crippen LogP contribution is -2.36. The van der Waals surface area contributed by atoms with Crippen LogP contribution in [0.5, 0.6) is 0 Å². The highest BCUT2D eigenvalue weighted by atomic mass is 16.5. The predicted octanol–water partition coefficient (Wildman–Crippen LogP) is 14.5. The molecule has 0 aromatic heterocycles. The molecule has 6 nitrogen and oxygen atoms in total. The van der Waals surface area contributed by atoms with Crippen molar-refractivity contribution >= 4 is 11.9 Å². The normalized spacial score (nSPS) is 23.1. The molecule has 0 bridgehead atoms. The number of nitrogens with zero attached hydrogens (tertiary/aromatic N) is 1. The van der Waals surface area contributed by atoms with E-state index in [-0.39, 0.29) is 24.6 Å². The third-order valence-electron chi connectivity index (χ3n) is 15.3. The van der Waals surface area contributed by atoms with Gasteiger partial charge in [0.2, 0.25) is 0 Å². The number of fused-ring (bicyclic) bond motifs is 1. The standard InChI is InChI=1S/C58H95NO5/c1-45(2)22-20-23-48(6)54-34-35-55-51(24-21-36-58(54,55)7)31-32-52-44-53(33-26-47(52)5)64-56(61)25-14-10-12-16-38-59(39-17-18-40-60)37-15-11-8-9-13-19-41-63-57(62)43-50-29-27-49(28-30-50)42-46(3)4/h27-32,45-46,48,53-55,60H,5,8-26,33-44H2,1-4,6-7H3/b51-31+,52-32-. The summed E-state index contributed by atoms with van der Waals surface area (Å²) in [4.78, 5) is 27.9. The van der Waals surface area contributed by atoms with Crippen LogP contribution in [0.2, 0.25) is 0 Å². The van der Waals surface area contributed by atoms with Gasteiger partial charge in [0, 0.05) is 19.4 Å². The number of hydrogen-bond donors (Lipinski definition) is 1. The summed E-state index contributed by atoms with van der Waals surface area (Å²) in [7, 11) is 0. The highest BCUT2D eigenvalue weighted by molar-refractivity contribution is 5.72. The Kier molecular flexibility index (Phi) is 25.1. The van der Waals surface area contributed by atoms with Crippen LogP contribution in [0.25, 0.3) is 0 Å². The van der Waals surface area contributed by atoms with Gasteiger partial charge in [0.05, 0.1) is 13.0 Å². The van der Waals surface area contributed by atoms with Crippen LogP contribution in [-0.2, 0) is 31.9 Å². The number of carbonyl (C=O) groups is 2. The fourth-order valence-electron chi connectivity index (χ4n) is 11.5. The van der Waals surface area contributed by atoms with Gasteiger partial charge in [0.25, 0.3) is 0 Å². The van der Waals surface area contributed by atoms with Gasteiger partial charge in [-0.3, -0.25) is 9.59 Å². The number of allylic oxidation sites excluding steroid dienone is 4. The molecule has 1 aromatic carbocycles. The summed E-state index contributed by atoms with van der Waals surface area (Å²) in [6.07, 6.45) is 32.9. The zero-order chi connectivity index (χ0) is 46.2. The Balaban J connectivity index is 1.06. The molecule has 0 radical (unpaired) electrons. The number of rotatable bonds is 31. The lowest BCUT2D eigenvalue weighted by molar-refractivity contribution is -0.149. The highest BCUT2D eigenvalue weighted by Gasteiger charge is 2.50. The second kappa shape index (κ2) is 29.8. The molecule has 0 saturated heterocycles. The van der Waals surface area contributed by atoms with Gasteiger partial charge in [0.15, 0.2) is 0 Å². The number of unbranched alkanes of at least 4 members (excludes halogenated alkanes) is 9. The summed E-state index contributed by atoms with van der Waals surface area (Å²) in [6, 6.07) is 8.36. The van der Waals surface area contributed by atoms with Gasteiger partial charge in [-0.2, -0.15) is 0 Å². The fourth-order valence-corrected chi connectivity index (χ4v) is 11.5. The SMILES string of the molecule is C=C1CCC(OC(=O)CCCCCCN(CCCCO)CCCCCCCCOC(=O)Cc2ccc(CC(C)C)cc2)C/C1=C/C=C1\CCCC2(C)C1CCC2C(C)CCCC(C)C. The second-order valence-corrected chi connectivity index (χ2v) is 21.7. The van der Waals surface area contributed by atoms with E-state index in [0.29, 0.717) is 36.7 Å². The molecule has 3 fully saturated rings. The van der Waals surface area contributed by atoms with E-state index in [9.17, 15) is 14.7 Å². The van der Waals surface area contributed by atoms with E-state index in [0.717, 1.165) is 120 Å². The molecule has 1 aromatic rings. The van der Waals surface area contributed by atoms with Gasteiger partial charge >= 0.3 is 11.9 Å². The van der Waals surface area contributed by atoms with Crippen molar-refractivity contribution in [2.75, 3.05) is 32.8 Å². The number of carbonyl (C=O) groups excluding carboxylic acids is 2. The third kappa shape index (κ3) is 19.6. The van der Waals surface area contributed by atoms with Crippen LogP contribution < -0.4 is 0 Å². The van der Waals surface area contributed by atoms with Gasteiger partial charge in [-0.25, -0.2) is 0 Å². The Morgan fingerprint density at radius 2 is 1.42 bits per heavy atom. The largest absolute Gasteiger partial charge is 0.465 e. The number of aliphatic hydroxyl groups is 1. The molecule has 3 saturated carbocycles. The summed E-state index contributed by atoms with van der Waals surface area (Å²) in [5, 5.41) is 9.36. The predicted molar refractivity (Wildman–Crippen MR) is 268 cm³/mol. The van der Waals surface area contributed by atoms with Gasteiger partial charge in [-0.1, -0.05) is 153 Å². The summed E-state index contributed by atoms with van der Waals surface area (Å²) in [6.45, 7) is 22.7. The van der Waals surface area contributed by atoms with E-state index in [1.807, 2.05) is 0 Å². The van der Waals surface area contributed by atoms with Crippen LogP contribution in [0.1, 0.15) is 207 Å². The second-order valence-electron chi connectivity index (χ2n) is 21.7. The van der Waals surface area contributed by atoms with Crippen LogP contribution in [0, 0.1) is 35.0 Å². The number of benzene rings is 1. The van der Waals surface area contributed by atoms with E-state index in [4.69, 9.17) is 9.47 Å². The fraction of sp³-hybridized carbons (Fsp3) is 0.759. The molecule has 3 aliphatic carbocycles. The van der Waals surface area contributed by atoms with Gasteiger partial charge in [-0.15, -0.1) is 0 Å². The minimum absolute atomic E-state index is 0.0346. The van der Waals surface area contributed by atoms with Crippen molar-refractivity contribution in [1.82, 2.24) is 4.90 Å². The number of esters is 2. The molecule has 6 heteroatoms. The third-order valence-corrected chi connectivity index (χ3v) is 15.3. The van der Waals surface area contributed by atoms with Crippen LogP contribution in [-0.4, -0.2) is 60.9 Å². The van der Waals surface area contributed by atoms with Crippen LogP contribution in [0.4, 0.5) is 0 Å². The highest BCUT2D eigenvalue weighted by Crippen LogP contribution is 2.60. The number of aliphatic hydroxyl groups excluding tert-OH is 1. The van der Waals surface area contributed by atoms with Crippen molar-refractivity contribution in [1.29, 1.82) is 0 Å². The minimum atomic E-state index is -0.131. The molecular formula is C58H95NO5. The van der Waals surface area contributed by atoms with Gasteiger partial charge < -0.3 is 19.5 Å². The zero-order valence-corrected chi connectivity index (χ0v) is 42.1. The van der Waals surface area contributed by atoms with E-state index in [2.05, 4.69) is 89.4 Å². The molecule has 5 unspecified atom stereocenters. The molecule has 4 rings (SSSR count). The molecule has 64 heavy (non-hydrogen) atoms. The maximum Gasteiger partial charge on any atom is 0.310 e. The summed E-state index contributed by atoms with van der Waals surface area (Å²) in [5.41, 5.74) is 6.94. The van der Waals surface area contributed by atoms with Crippen molar-refractivity contribution < 1.29 is 24.2 Å². The summed E-state index contributed by atoms with van der Waals surface area (Å²) < 4.78 is 11.6. The molecule has 3 aliphatic rings. The lowest BCUT2D eigenvalue weighted by atomic mass is 9.60. The average Bonchev–Trinajstić information content (AvgIpc) is 3.62. The number of hydrogen-bond acceptors (Lipinski definition) is 6. The molecular weight excluding hydrogens is 791 g/mol. The van der Waals surface area contributed by atoms with E-state index in [1.54, 1.807) is 5.57 Å². The van der Waals surface area contributed by atoms with E-state index in [1.165, 1.54) is 93.8 Å². The molecule has 0 spiro atoms. The van der Waals surface area contributed by atoms with Gasteiger partial charge in [-0.05, 0) is 161 Å². The lowest BCUT2D eigenvalue weighted by Gasteiger charge is -2.44. The molecule has 5 atom stereocenters. The van der Waals surface area contributed by atoms with E-state index < -0.39 is 0 Å². The first kappa shape index (κ1) is 53.9. The average molecular weight is 886 g/mol. The van der Waals surface area contributed by atoms with Crippen molar-refractivity contribution in [3.8, 4) is 0 Å². The Labute approximate surface area is 392 Å². The Hall–Kier alpha value is -2.70. The monoisotopic (exact) mass is 886 g/mol. The van der Waals surface area contributed by atoms with Crippen LogP contribution in [0.15, 0.2) is 59.7 Å². The minimum Gasteiger partial charge on any atom is -0.465 e. The Morgan fingerprint density at radius 1 is 0.766 bits per heavy atom. The van der Waals surface area contributed by atoms with Gasteiger partial charge in [0.1, 0.15) is 6.10 Å². The van der Waals surface area contributed by atoms with Crippen molar-refractivity contribution in [3.05, 3.63) is 70.8 Å². The van der Waals surface area contributed by atoms with Crippen molar-refractivity contribution in [3.63, 3.8) is 0 Å². The van der Waals surface area contributed by atoms with Crippen molar-refractivity contribution in [2.45, 2.75) is 215 Å². The molecule has 0 heterocycles. The molecule has 0 aliphatic heterocycles. The maximum absolute atomic E-state index is 13.0. The Bertz CT molecular complexity index is 1560. The van der Waals surface area contributed by atoms with Crippen molar-refractivity contribution in [2.24, 2.45) is 35.0 Å². The molecule has 0 amide bonds. The number of ether oxygens (including phenoxy) is 2. The van der Waals surface area contributed by atoms with Crippen LogP contribution in [0.3, 0.4) is 0 Å². The maximum atomic E-state index is 13.0. The zero-order valence-electron chi connectivity index (χ0n) is 42.1. The molecule has 362 valence electrons. The van der Waals surface area contributed by atoms with Crippen LogP contribution >= 0.6 is 0 Å². The first-order valence-corrected chi connectivity index (χ1v) is 26.7. The molecule has 1 N–H and O–H groups in total. The Morgan fingerprint density at radius 3 is 2.11 bits per heavy atom. The first-order valence-electron chi connectivity index (χ1n) is 26.7.